The first-order chi connectivity index (χ1) is 8.63. The maximum Gasteiger partial charge on any atom is 0.230 e. The average molecular weight is 258 g/mol. The molecule has 1 aromatic carbocycles. The van der Waals surface area contributed by atoms with Crippen molar-refractivity contribution in [1.82, 2.24) is 0 Å². The molecule has 0 fully saturated rings. The van der Waals surface area contributed by atoms with Crippen LogP contribution in [-0.4, -0.2) is 30.0 Å². The summed E-state index contributed by atoms with van der Waals surface area (Å²) in [7, 11) is 1.60. The summed E-state index contributed by atoms with van der Waals surface area (Å²) in [6.45, 7) is 1.83. The van der Waals surface area contributed by atoms with Gasteiger partial charge in [0, 0.05) is 6.42 Å². The lowest BCUT2D eigenvalue weighted by atomic mass is 10.2. The first kappa shape index (κ1) is 14.7. The van der Waals surface area contributed by atoms with Gasteiger partial charge in [-0.1, -0.05) is 0 Å². The van der Waals surface area contributed by atoms with E-state index in [0.29, 0.717) is 18.8 Å². The fourth-order valence-corrected chi connectivity index (χ4v) is 1.36. The van der Waals surface area contributed by atoms with Gasteiger partial charge in [-0.05, 0) is 37.6 Å². The number of ether oxygens (including phenoxy) is 2. The Morgan fingerprint density at radius 1 is 1.06 bits per heavy atom. The van der Waals surface area contributed by atoms with E-state index in [4.69, 9.17) is 20.0 Å². The molecule has 0 spiro atoms. The second-order valence-electron chi connectivity index (χ2n) is 3.94. The number of rotatable bonds is 8. The van der Waals surface area contributed by atoms with E-state index in [-0.39, 0.29) is 6.42 Å². The van der Waals surface area contributed by atoms with Gasteiger partial charge in [0.1, 0.15) is 11.5 Å². The van der Waals surface area contributed by atoms with Crippen LogP contribution < -0.4 is 9.47 Å². The van der Waals surface area contributed by atoms with Gasteiger partial charge in [0.15, 0.2) is 0 Å². The normalized spacial score (nSPS) is 11.3. The average Bonchev–Trinajstić information content (AvgIpc) is 2.44. The Balaban J connectivity index is 2.29. The van der Waals surface area contributed by atoms with E-state index in [1.807, 2.05) is 0 Å². The first-order valence-electron chi connectivity index (χ1n) is 5.55. The molecule has 0 atom stereocenters. The Bertz CT molecular complexity index is 333. The fourth-order valence-electron chi connectivity index (χ4n) is 1.36. The molecular formula is C12H18O6. The minimum Gasteiger partial charge on any atom is -0.497 e. The highest BCUT2D eigenvalue weighted by atomic mass is 17.2. The molecule has 1 rings (SSSR count). The van der Waals surface area contributed by atoms with Crippen LogP contribution in [-0.2, 0) is 9.78 Å². The van der Waals surface area contributed by atoms with Gasteiger partial charge in [0.05, 0.1) is 13.7 Å². The van der Waals surface area contributed by atoms with E-state index in [1.165, 1.54) is 6.92 Å². The maximum absolute atomic E-state index is 8.52. The topological polar surface area (TPSA) is 77.4 Å². The summed E-state index contributed by atoms with van der Waals surface area (Å²) in [5, 5.41) is 17.0. The molecule has 0 unspecified atom stereocenters. The van der Waals surface area contributed by atoms with E-state index in [2.05, 4.69) is 9.78 Å². The Kier molecular flexibility index (Phi) is 5.87. The standard InChI is InChI=1S/C12H18O6/c1-12(17-13,18-14)8-3-9-16-11-6-4-10(15-2)5-7-11/h4-7,13-14H,3,8-9H2,1-2H3. The SMILES string of the molecule is COc1ccc(OCCCC(C)(OO)OO)cc1. The molecule has 0 aliphatic rings. The number of hydrogen-bond acceptors (Lipinski definition) is 6. The van der Waals surface area contributed by atoms with Crippen molar-refractivity contribution in [2.24, 2.45) is 0 Å². The van der Waals surface area contributed by atoms with Gasteiger partial charge < -0.3 is 9.47 Å². The molecule has 102 valence electrons. The number of benzene rings is 1. The van der Waals surface area contributed by atoms with Gasteiger partial charge in [-0.3, -0.25) is 0 Å². The van der Waals surface area contributed by atoms with E-state index in [0.717, 1.165) is 5.75 Å². The smallest absolute Gasteiger partial charge is 0.230 e. The third-order valence-corrected chi connectivity index (χ3v) is 2.49. The predicted molar refractivity (Wildman–Crippen MR) is 63.6 cm³/mol. The van der Waals surface area contributed by atoms with Crippen LogP contribution in [0.4, 0.5) is 0 Å². The molecule has 0 aliphatic heterocycles. The van der Waals surface area contributed by atoms with Crippen LogP contribution in [0, 0.1) is 0 Å². The van der Waals surface area contributed by atoms with E-state index >= 15 is 0 Å². The molecule has 6 nitrogen and oxygen atoms in total. The van der Waals surface area contributed by atoms with Crippen molar-refractivity contribution < 1.29 is 29.8 Å². The largest absolute Gasteiger partial charge is 0.497 e. The van der Waals surface area contributed by atoms with Crippen molar-refractivity contribution in [3.8, 4) is 11.5 Å². The molecule has 0 heterocycles. The van der Waals surface area contributed by atoms with Gasteiger partial charge in [-0.2, -0.15) is 0 Å². The molecular weight excluding hydrogens is 240 g/mol. The van der Waals surface area contributed by atoms with Crippen molar-refractivity contribution in [1.29, 1.82) is 0 Å². The van der Waals surface area contributed by atoms with Gasteiger partial charge in [-0.15, -0.1) is 0 Å². The van der Waals surface area contributed by atoms with Gasteiger partial charge in [0.2, 0.25) is 5.79 Å². The van der Waals surface area contributed by atoms with E-state index in [9.17, 15) is 0 Å². The minimum absolute atomic E-state index is 0.288. The van der Waals surface area contributed by atoms with Crippen molar-refractivity contribution in [2.45, 2.75) is 25.6 Å². The van der Waals surface area contributed by atoms with Gasteiger partial charge in [0.25, 0.3) is 0 Å². The van der Waals surface area contributed by atoms with Crippen molar-refractivity contribution in [2.75, 3.05) is 13.7 Å². The molecule has 0 aromatic heterocycles. The third-order valence-electron chi connectivity index (χ3n) is 2.49. The van der Waals surface area contributed by atoms with Crippen molar-refractivity contribution >= 4 is 0 Å². The molecule has 0 saturated carbocycles. The Morgan fingerprint density at radius 2 is 1.61 bits per heavy atom. The third kappa shape index (κ3) is 4.50. The quantitative estimate of drug-likeness (QED) is 0.323. The molecule has 0 aliphatic carbocycles. The summed E-state index contributed by atoms with van der Waals surface area (Å²) in [4.78, 5) is 8.05. The fraction of sp³-hybridized carbons (Fsp3) is 0.500. The number of methoxy groups -OCH3 is 1. The van der Waals surface area contributed by atoms with Crippen molar-refractivity contribution in [3.63, 3.8) is 0 Å². The first-order valence-corrected chi connectivity index (χ1v) is 5.55. The van der Waals surface area contributed by atoms with Crippen molar-refractivity contribution in [3.05, 3.63) is 24.3 Å². The molecule has 0 amide bonds. The molecule has 0 bridgehead atoms. The summed E-state index contributed by atoms with van der Waals surface area (Å²) in [5.74, 6) is 0.0631. The Labute approximate surface area is 106 Å². The van der Waals surface area contributed by atoms with Gasteiger partial charge >= 0.3 is 0 Å². The maximum atomic E-state index is 8.52. The predicted octanol–water partition coefficient (Wildman–Crippen LogP) is 2.55. The summed E-state index contributed by atoms with van der Waals surface area (Å²) >= 11 is 0. The van der Waals surface area contributed by atoms with Crippen LogP contribution >= 0.6 is 0 Å². The summed E-state index contributed by atoms with van der Waals surface area (Å²) in [5.41, 5.74) is 0. The lowest BCUT2D eigenvalue weighted by Gasteiger charge is -2.21. The zero-order valence-electron chi connectivity index (χ0n) is 10.5. The Morgan fingerprint density at radius 3 is 2.11 bits per heavy atom. The molecule has 0 radical (unpaired) electrons. The van der Waals surface area contributed by atoms with Crippen LogP contribution in [0.5, 0.6) is 11.5 Å². The minimum atomic E-state index is -1.41. The molecule has 0 saturated heterocycles. The second kappa shape index (κ2) is 7.17. The highest BCUT2D eigenvalue weighted by Gasteiger charge is 2.26. The molecule has 1 aromatic rings. The molecule has 2 N–H and O–H groups in total. The van der Waals surface area contributed by atoms with Crippen LogP contribution in [0.25, 0.3) is 0 Å². The van der Waals surface area contributed by atoms with Crippen LogP contribution in [0.1, 0.15) is 19.8 Å². The monoisotopic (exact) mass is 258 g/mol. The second-order valence-corrected chi connectivity index (χ2v) is 3.94. The summed E-state index contributed by atoms with van der Waals surface area (Å²) < 4.78 is 10.5. The Hall–Kier alpha value is -1.34. The molecule has 18 heavy (non-hydrogen) atoms. The van der Waals surface area contributed by atoms with E-state index < -0.39 is 5.79 Å². The lowest BCUT2D eigenvalue weighted by Crippen LogP contribution is -2.30. The van der Waals surface area contributed by atoms with E-state index in [1.54, 1.807) is 31.4 Å². The van der Waals surface area contributed by atoms with Gasteiger partial charge in [-0.25, -0.2) is 20.3 Å². The zero-order chi connectivity index (χ0) is 13.4. The summed E-state index contributed by atoms with van der Waals surface area (Å²) in [6, 6.07) is 7.19. The zero-order valence-corrected chi connectivity index (χ0v) is 10.5. The van der Waals surface area contributed by atoms with Crippen LogP contribution in [0.3, 0.4) is 0 Å². The molecule has 6 heteroatoms. The lowest BCUT2D eigenvalue weighted by molar-refractivity contribution is -0.482. The van der Waals surface area contributed by atoms with Crippen LogP contribution in [0.15, 0.2) is 24.3 Å². The highest BCUT2D eigenvalue weighted by molar-refractivity contribution is 5.31. The highest BCUT2D eigenvalue weighted by Crippen LogP contribution is 2.19. The summed E-state index contributed by atoms with van der Waals surface area (Å²) in [6.07, 6.45) is 0.833. The number of hydrogen-bond donors (Lipinski definition) is 2. The van der Waals surface area contributed by atoms with Crippen LogP contribution in [0.2, 0.25) is 0 Å².